The summed E-state index contributed by atoms with van der Waals surface area (Å²) in [4.78, 5) is 3.76. The second-order valence-corrected chi connectivity index (χ2v) is 6.94. The van der Waals surface area contributed by atoms with Crippen LogP contribution < -0.4 is 5.32 Å². The van der Waals surface area contributed by atoms with Gasteiger partial charge in [-0.3, -0.25) is 4.90 Å². The SMILES string of the molecule is C=C(CNC(C)(C)C)CN(C)C(C)c1cccs1. The molecule has 0 aliphatic carbocycles. The van der Waals surface area contributed by atoms with E-state index < -0.39 is 0 Å². The van der Waals surface area contributed by atoms with Gasteiger partial charge in [0.25, 0.3) is 0 Å². The Hall–Kier alpha value is -0.640. The summed E-state index contributed by atoms with van der Waals surface area (Å²) in [5.74, 6) is 0. The van der Waals surface area contributed by atoms with Gasteiger partial charge in [-0.2, -0.15) is 0 Å². The third kappa shape index (κ3) is 5.34. The Morgan fingerprint density at radius 3 is 2.67 bits per heavy atom. The summed E-state index contributed by atoms with van der Waals surface area (Å²) in [6, 6.07) is 4.76. The predicted molar refractivity (Wildman–Crippen MR) is 82.3 cm³/mol. The van der Waals surface area contributed by atoms with Crippen molar-refractivity contribution in [3.63, 3.8) is 0 Å². The minimum absolute atomic E-state index is 0.154. The van der Waals surface area contributed by atoms with Crippen molar-refractivity contribution in [2.24, 2.45) is 0 Å². The summed E-state index contributed by atoms with van der Waals surface area (Å²) in [6.45, 7) is 14.8. The molecule has 2 nitrogen and oxygen atoms in total. The van der Waals surface area contributed by atoms with Gasteiger partial charge < -0.3 is 5.32 Å². The van der Waals surface area contributed by atoms with Gasteiger partial charge in [0.2, 0.25) is 0 Å². The highest BCUT2D eigenvalue weighted by molar-refractivity contribution is 7.10. The van der Waals surface area contributed by atoms with E-state index in [0.29, 0.717) is 6.04 Å². The summed E-state index contributed by atoms with van der Waals surface area (Å²) in [7, 11) is 2.16. The van der Waals surface area contributed by atoms with Crippen molar-refractivity contribution in [3.8, 4) is 0 Å². The summed E-state index contributed by atoms with van der Waals surface area (Å²) in [6.07, 6.45) is 0. The third-order valence-corrected chi connectivity index (χ3v) is 4.00. The summed E-state index contributed by atoms with van der Waals surface area (Å²) in [5, 5.41) is 5.61. The average molecular weight is 266 g/mol. The van der Waals surface area contributed by atoms with E-state index in [1.54, 1.807) is 0 Å². The van der Waals surface area contributed by atoms with Crippen LogP contribution in [0.15, 0.2) is 29.7 Å². The van der Waals surface area contributed by atoms with Crippen molar-refractivity contribution in [2.75, 3.05) is 20.1 Å². The first-order valence-corrected chi connectivity index (χ1v) is 7.33. The molecule has 0 saturated heterocycles. The largest absolute Gasteiger partial charge is 0.308 e. The molecule has 1 aromatic heterocycles. The van der Waals surface area contributed by atoms with Crippen LogP contribution in [0.1, 0.15) is 38.6 Å². The Morgan fingerprint density at radius 2 is 2.17 bits per heavy atom. The Bertz CT molecular complexity index is 362. The number of likely N-dealkylation sites (N-methyl/N-ethyl adjacent to an activating group) is 1. The van der Waals surface area contributed by atoms with Gasteiger partial charge in [-0.05, 0) is 51.8 Å². The summed E-state index contributed by atoms with van der Waals surface area (Å²) >= 11 is 1.82. The fourth-order valence-electron chi connectivity index (χ4n) is 1.68. The van der Waals surface area contributed by atoms with E-state index >= 15 is 0 Å². The summed E-state index contributed by atoms with van der Waals surface area (Å²) < 4.78 is 0. The van der Waals surface area contributed by atoms with E-state index in [-0.39, 0.29) is 5.54 Å². The van der Waals surface area contributed by atoms with Crippen LogP contribution in [0.2, 0.25) is 0 Å². The van der Waals surface area contributed by atoms with Gasteiger partial charge in [-0.15, -0.1) is 11.3 Å². The van der Waals surface area contributed by atoms with Crippen molar-refractivity contribution in [2.45, 2.75) is 39.3 Å². The van der Waals surface area contributed by atoms with Crippen molar-refractivity contribution >= 4 is 11.3 Å². The molecule has 0 aliphatic heterocycles. The molecule has 1 N–H and O–H groups in total. The maximum absolute atomic E-state index is 4.16. The maximum atomic E-state index is 4.16. The molecule has 0 bridgehead atoms. The number of rotatable bonds is 6. The van der Waals surface area contributed by atoms with E-state index in [2.05, 4.69) is 69.1 Å². The van der Waals surface area contributed by atoms with Crippen LogP contribution in [-0.2, 0) is 0 Å². The molecule has 0 aromatic carbocycles. The highest BCUT2D eigenvalue weighted by Gasteiger charge is 2.14. The lowest BCUT2D eigenvalue weighted by molar-refractivity contribution is 0.283. The first-order valence-electron chi connectivity index (χ1n) is 6.45. The highest BCUT2D eigenvalue weighted by atomic mass is 32.1. The number of hydrogen-bond donors (Lipinski definition) is 1. The standard InChI is InChI=1S/C15H26N2S/c1-12(10-16-15(3,4)5)11-17(6)13(2)14-8-7-9-18-14/h7-9,13,16H,1,10-11H2,2-6H3. The molecule has 1 atom stereocenters. The molecule has 18 heavy (non-hydrogen) atoms. The van der Waals surface area contributed by atoms with Crippen molar-refractivity contribution in [3.05, 3.63) is 34.5 Å². The molecule has 1 aromatic rings. The van der Waals surface area contributed by atoms with Crippen molar-refractivity contribution in [1.82, 2.24) is 10.2 Å². The minimum atomic E-state index is 0.154. The Kier molecular flexibility index (Phi) is 5.57. The van der Waals surface area contributed by atoms with Crippen LogP contribution in [0.25, 0.3) is 0 Å². The normalized spacial score (nSPS) is 13.9. The fraction of sp³-hybridized carbons (Fsp3) is 0.600. The minimum Gasteiger partial charge on any atom is -0.308 e. The van der Waals surface area contributed by atoms with Crippen LogP contribution >= 0.6 is 11.3 Å². The van der Waals surface area contributed by atoms with Crippen molar-refractivity contribution < 1.29 is 0 Å². The first kappa shape index (κ1) is 15.4. The number of thiophene rings is 1. The lowest BCUT2D eigenvalue weighted by Gasteiger charge is -2.27. The van der Waals surface area contributed by atoms with Crippen LogP contribution in [0, 0.1) is 0 Å². The van der Waals surface area contributed by atoms with Crippen LogP contribution in [0.3, 0.4) is 0 Å². The van der Waals surface area contributed by atoms with Gasteiger partial charge >= 0.3 is 0 Å². The van der Waals surface area contributed by atoms with Crippen LogP contribution in [-0.4, -0.2) is 30.6 Å². The third-order valence-electron chi connectivity index (χ3n) is 2.96. The zero-order valence-corrected chi connectivity index (χ0v) is 13.1. The molecule has 0 aliphatic rings. The fourth-order valence-corrected chi connectivity index (χ4v) is 2.53. The molecule has 0 spiro atoms. The Balaban J connectivity index is 2.40. The van der Waals surface area contributed by atoms with E-state index in [4.69, 9.17) is 0 Å². The first-order chi connectivity index (χ1) is 8.29. The predicted octanol–water partition coefficient (Wildman–Crippen LogP) is 3.69. The van der Waals surface area contributed by atoms with Crippen molar-refractivity contribution in [1.29, 1.82) is 0 Å². The zero-order valence-electron chi connectivity index (χ0n) is 12.3. The molecule has 1 heterocycles. The molecular formula is C15H26N2S. The smallest absolute Gasteiger partial charge is 0.0413 e. The van der Waals surface area contributed by atoms with Gasteiger partial charge in [0.1, 0.15) is 0 Å². The lowest BCUT2D eigenvalue weighted by Crippen LogP contribution is -2.38. The van der Waals surface area contributed by atoms with Gasteiger partial charge in [-0.1, -0.05) is 12.6 Å². The van der Waals surface area contributed by atoms with E-state index in [1.807, 2.05) is 11.3 Å². The molecule has 0 saturated carbocycles. The zero-order chi connectivity index (χ0) is 13.8. The summed E-state index contributed by atoms with van der Waals surface area (Å²) in [5.41, 5.74) is 1.39. The Labute approximate surface area is 116 Å². The molecule has 0 fully saturated rings. The average Bonchev–Trinajstić information content (AvgIpc) is 2.77. The molecule has 1 unspecified atom stereocenters. The molecule has 0 radical (unpaired) electrons. The molecule has 0 amide bonds. The maximum Gasteiger partial charge on any atom is 0.0413 e. The van der Waals surface area contributed by atoms with Gasteiger partial charge in [0.05, 0.1) is 0 Å². The van der Waals surface area contributed by atoms with E-state index in [0.717, 1.165) is 13.1 Å². The van der Waals surface area contributed by atoms with Gasteiger partial charge in [0.15, 0.2) is 0 Å². The number of nitrogens with zero attached hydrogens (tertiary/aromatic N) is 1. The van der Waals surface area contributed by atoms with Crippen LogP contribution in [0.5, 0.6) is 0 Å². The second kappa shape index (κ2) is 6.50. The van der Waals surface area contributed by atoms with E-state index in [1.165, 1.54) is 10.5 Å². The molecular weight excluding hydrogens is 240 g/mol. The lowest BCUT2D eigenvalue weighted by atomic mass is 10.1. The number of hydrogen-bond acceptors (Lipinski definition) is 3. The molecule has 1 rings (SSSR count). The highest BCUT2D eigenvalue weighted by Crippen LogP contribution is 2.23. The monoisotopic (exact) mass is 266 g/mol. The van der Waals surface area contributed by atoms with Gasteiger partial charge in [0, 0.05) is 29.5 Å². The second-order valence-electron chi connectivity index (χ2n) is 5.96. The quantitative estimate of drug-likeness (QED) is 0.790. The molecule has 3 heteroatoms. The Morgan fingerprint density at radius 1 is 1.50 bits per heavy atom. The molecule has 102 valence electrons. The van der Waals surface area contributed by atoms with E-state index in [9.17, 15) is 0 Å². The van der Waals surface area contributed by atoms with Gasteiger partial charge in [-0.25, -0.2) is 0 Å². The topological polar surface area (TPSA) is 15.3 Å². The van der Waals surface area contributed by atoms with Crippen LogP contribution in [0.4, 0.5) is 0 Å². The number of nitrogens with one attached hydrogen (secondary N) is 1.